The van der Waals surface area contributed by atoms with Crippen molar-refractivity contribution < 1.29 is 28.7 Å². The van der Waals surface area contributed by atoms with Crippen molar-refractivity contribution in [3.05, 3.63) is 35.9 Å². The molecule has 1 atom stereocenters. The molecule has 1 N–H and O–H groups in total. The van der Waals surface area contributed by atoms with E-state index in [1.165, 1.54) is 0 Å². The molecule has 0 spiro atoms. The standard InChI is InChI=1S/C17H20N2O6/c1-3-17(12-8-6-5-7-9-12)15(22)19(16(23)18-17)10-13(20)25-11-14(21)24-4-2/h5-9H,3-4,10-11H2,1-2H3,(H,18,23)/t17-/m0/s1. The van der Waals surface area contributed by atoms with Gasteiger partial charge in [0.05, 0.1) is 6.61 Å². The highest BCUT2D eigenvalue weighted by molar-refractivity contribution is 6.09. The third-order valence-electron chi connectivity index (χ3n) is 3.92. The normalized spacial score (nSPS) is 19.5. The quantitative estimate of drug-likeness (QED) is 0.581. The summed E-state index contributed by atoms with van der Waals surface area (Å²) in [5.41, 5.74) is -0.571. The molecule has 2 rings (SSSR count). The molecule has 1 aromatic rings. The lowest BCUT2D eigenvalue weighted by Crippen LogP contribution is -2.44. The van der Waals surface area contributed by atoms with E-state index in [1.807, 2.05) is 0 Å². The van der Waals surface area contributed by atoms with Crippen molar-refractivity contribution in [3.8, 4) is 0 Å². The van der Waals surface area contributed by atoms with Gasteiger partial charge in [0.1, 0.15) is 12.1 Å². The Labute approximate surface area is 145 Å². The molecule has 0 aromatic heterocycles. The van der Waals surface area contributed by atoms with Gasteiger partial charge in [0.15, 0.2) is 6.61 Å². The van der Waals surface area contributed by atoms with Gasteiger partial charge in [0, 0.05) is 0 Å². The second-order valence-electron chi connectivity index (χ2n) is 5.41. The highest BCUT2D eigenvalue weighted by Crippen LogP contribution is 2.32. The van der Waals surface area contributed by atoms with E-state index < -0.39 is 42.6 Å². The number of ether oxygens (including phenoxy) is 2. The smallest absolute Gasteiger partial charge is 0.344 e. The molecule has 1 aliphatic heterocycles. The van der Waals surface area contributed by atoms with E-state index in [0.29, 0.717) is 12.0 Å². The average Bonchev–Trinajstić information content (AvgIpc) is 2.86. The molecule has 0 aliphatic carbocycles. The summed E-state index contributed by atoms with van der Waals surface area (Å²) in [7, 11) is 0. The fraction of sp³-hybridized carbons (Fsp3) is 0.412. The number of rotatable bonds is 7. The van der Waals surface area contributed by atoms with Crippen molar-refractivity contribution in [1.82, 2.24) is 10.2 Å². The fourth-order valence-electron chi connectivity index (χ4n) is 2.65. The van der Waals surface area contributed by atoms with Gasteiger partial charge in [-0.15, -0.1) is 0 Å². The van der Waals surface area contributed by atoms with E-state index in [-0.39, 0.29) is 6.61 Å². The van der Waals surface area contributed by atoms with Gasteiger partial charge in [0.2, 0.25) is 0 Å². The zero-order chi connectivity index (χ0) is 18.4. The Balaban J connectivity index is 2.08. The van der Waals surface area contributed by atoms with Gasteiger partial charge in [0.25, 0.3) is 5.91 Å². The van der Waals surface area contributed by atoms with E-state index in [9.17, 15) is 19.2 Å². The lowest BCUT2D eigenvalue weighted by molar-refractivity contribution is -0.159. The van der Waals surface area contributed by atoms with Crippen molar-refractivity contribution >= 4 is 23.9 Å². The van der Waals surface area contributed by atoms with Crippen LogP contribution in [0.2, 0.25) is 0 Å². The van der Waals surface area contributed by atoms with Crippen LogP contribution in [0.1, 0.15) is 25.8 Å². The molecule has 1 fully saturated rings. The minimum Gasteiger partial charge on any atom is -0.463 e. The first-order valence-electron chi connectivity index (χ1n) is 7.95. The van der Waals surface area contributed by atoms with E-state index in [2.05, 4.69) is 10.1 Å². The molecule has 8 nitrogen and oxygen atoms in total. The van der Waals surface area contributed by atoms with Crippen LogP contribution in [-0.4, -0.2) is 48.5 Å². The van der Waals surface area contributed by atoms with Gasteiger partial charge < -0.3 is 14.8 Å². The van der Waals surface area contributed by atoms with E-state index >= 15 is 0 Å². The SMILES string of the molecule is CCOC(=O)COC(=O)CN1C(=O)N[C@@](CC)(c2ccccc2)C1=O. The van der Waals surface area contributed by atoms with Crippen LogP contribution in [0.15, 0.2) is 30.3 Å². The monoisotopic (exact) mass is 348 g/mol. The van der Waals surface area contributed by atoms with Crippen molar-refractivity contribution in [2.45, 2.75) is 25.8 Å². The van der Waals surface area contributed by atoms with Crippen LogP contribution in [-0.2, 0) is 29.4 Å². The molecule has 0 saturated carbocycles. The van der Waals surface area contributed by atoms with Gasteiger partial charge in [-0.2, -0.15) is 0 Å². The summed E-state index contributed by atoms with van der Waals surface area (Å²) in [6.45, 7) is 2.43. The molecule has 3 amide bonds. The van der Waals surface area contributed by atoms with Crippen molar-refractivity contribution in [2.24, 2.45) is 0 Å². The molecule has 1 aliphatic rings. The number of imide groups is 1. The van der Waals surface area contributed by atoms with Crippen LogP contribution in [0.5, 0.6) is 0 Å². The maximum Gasteiger partial charge on any atom is 0.344 e. The number of benzene rings is 1. The number of urea groups is 1. The van der Waals surface area contributed by atoms with Crippen LogP contribution in [0.3, 0.4) is 0 Å². The first-order chi connectivity index (χ1) is 11.9. The summed E-state index contributed by atoms with van der Waals surface area (Å²) in [5, 5.41) is 2.66. The fourth-order valence-corrected chi connectivity index (χ4v) is 2.65. The van der Waals surface area contributed by atoms with Gasteiger partial charge in [-0.1, -0.05) is 37.3 Å². The minimum absolute atomic E-state index is 0.166. The van der Waals surface area contributed by atoms with Gasteiger partial charge in [-0.05, 0) is 18.9 Å². The number of amides is 3. The highest BCUT2D eigenvalue weighted by atomic mass is 16.6. The van der Waals surface area contributed by atoms with Crippen molar-refractivity contribution in [3.63, 3.8) is 0 Å². The maximum absolute atomic E-state index is 12.8. The van der Waals surface area contributed by atoms with Crippen LogP contribution in [0.4, 0.5) is 4.79 Å². The predicted molar refractivity (Wildman–Crippen MR) is 86.2 cm³/mol. The minimum atomic E-state index is -1.21. The van der Waals surface area contributed by atoms with E-state index in [1.54, 1.807) is 44.2 Å². The number of hydrogen-bond acceptors (Lipinski definition) is 6. The molecule has 0 unspecified atom stereocenters. The van der Waals surface area contributed by atoms with Crippen LogP contribution in [0.25, 0.3) is 0 Å². The lowest BCUT2D eigenvalue weighted by Gasteiger charge is -2.25. The summed E-state index contributed by atoms with van der Waals surface area (Å²) in [4.78, 5) is 48.8. The van der Waals surface area contributed by atoms with Crippen molar-refractivity contribution in [2.75, 3.05) is 19.8 Å². The number of carbonyl (C=O) groups excluding carboxylic acids is 4. The first kappa shape index (κ1) is 18.4. The summed E-state index contributed by atoms with van der Waals surface area (Å²) in [5.74, 6) is -2.09. The van der Waals surface area contributed by atoms with Crippen LogP contribution >= 0.6 is 0 Å². The molecular formula is C17H20N2O6. The Morgan fingerprint density at radius 1 is 1.08 bits per heavy atom. The maximum atomic E-state index is 12.8. The Hall–Kier alpha value is -2.90. The van der Waals surface area contributed by atoms with Crippen molar-refractivity contribution in [1.29, 1.82) is 0 Å². The van der Waals surface area contributed by atoms with Gasteiger partial charge in [-0.25, -0.2) is 9.59 Å². The predicted octanol–water partition coefficient (Wildman–Crippen LogP) is 0.950. The highest BCUT2D eigenvalue weighted by Gasteiger charge is 2.51. The molecule has 1 aromatic carbocycles. The molecule has 1 saturated heterocycles. The molecule has 25 heavy (non-hydrogen) atoms. The number of nitrogens with one attached hydrogen (secondary N) is 1. The number of esters is 2. The van der Waals surface area contributed by atoms with Gasteiger partial charge in [-0.3, -0.25) is 14.5 Å². The molecule has 0 bridgehead atoms. The molecule has 8 heteroatoms. The Morgan fingerprint density at radius 2 is 1.76 bits per heavy atom. The average molecular weight is 348 g/mol. The summed E-state index contributed by atoms with van der Waals surface area (Å²) in [6, 6.07) is 8.14. The summed E-state index contributed by atoms with van der Waals surface area (Å²) in [6.07, 6.45) is 0.329. The Morgan fingerprint density at radius 3 is 2.36 bits per heavy atom. The largest absolute Gasteiger partial charge is 0.463 e. The topological polar surface area (TPSA) is 102 Å². The summed E-state index contributed by atoms with van der Waals surface area (Å²) >= 11 is 0. The number of carbonyl (C=O) groups is 4. The lowest BCUT2D eigenvalue weighted by atomic mass is 9.87. The first-order valence-corrected chi connectivity index (χ1v) is 7.95. The second kappa shape index (κ2) is 7.78. The number of hydrogen-bond donors (Lipinski definition) is 1. The zero-order valence-electron chi connectivity index (χ0n) is 14.1. The van der Waals surface area contributed by atoms with Gasteiger partial charge >= 0.3 is 18.0 Å². The Bertz CT molecular complexity index is 675. The van der Waals surface area contributed by atoms with Crippen LogP contribution in [0, 0.1) is 0 Å². The molecule has 0 radical (unpaired) electrons. The van der Waals surface area contributed by atoms with E-state index in [0.717, 1.165) is 4.90 Å². The molecular weight excluding hydrogens is 328 g/mol. The number of nitrogens with zero attached hydrogens (tertiary/aromatic N) is 1. The van der Waals surface area contributed by atoms with E-state index in [4.69, 9.17) is 4.74 Å². The summed E-state index contributed by atoms with van der Waals surface area (Å²) < 4.78 is 9.37. The third-order valence-corrected chi connectivity index (χ3v) is 3.92. The second-order valence-corrected chi connectivity index (χ2v) is 5.41. The zero-order valence-corrected chi connectivity index (χ0v) is 14.1. The molecule has 134 valence electrons. The Kier molecular flexibility index (Phi) is 5.74. The van der Waals surface area contributed by atoms with Crippen LogP contribution < -0.4 is 5.32 Å². The third kappa shape index (κ3) is 3.78. The molecule has 1 heterocycles.